The molecule has 1 aliphatic heterocycles. The summed E-state index contributed by atoms with van der Waals surface area (Å²) >= 11 is 1.43. The summed E-state index contributed by atoms with van der Waals surface area (Å²) in [7, 11) is 1.86. The molecule has 0 radical (unpaired) electrons. The van der Waals surface area contributed by atoms with Gasteiger partial charge in [-0.05, 0) is 32.1 Å². The van der Waals surface area contributed by atoms with Crippen molar-refractivity contribution in [1.82, 2.24) is 19.9 Å². The monoisotopic (exact) mass is 331 g/mol. The van der Waals surface area contributed by atoms with Crippen molar-refractivity contribution in [2.24, 2.45) is 5.92 Å². The molecule has 0 aliphatic carbocycles. The minimum atomic E-state index is 0.114. The van der Waals surface area contributed by atoms with Crippen LogP contribution in [-0.4, -0.2) is 45.9 Å². The SMILES string of the molecule is CNc1nccnc1CC1CCCN(C(=O)c2scnc2C)C1. The van der Waals surface area contributed by atoms with E-state index in [1.807, 2.05) is 18.9 Å². The summed E-state index contributed by atoms with van der Waals surface area (Å²) in [6, 6.07) is 0. The number of aryl methyl sites for hydroxylation is 1. The van der Waals surface area contributed by atoms with E-state index in [1.54, 1.807) is 17.9 Å². The number of carbonyl (C=O) groups excluding carboxylic acids is 1. The van der Waals surface area contributed by atoms with Gasteiger partial charge >= 0.3 is 0 Å². The van der Waals surface area contributed by atoms with E-state index in [-0.39, 0.29) is 5.91 Å². The zero-order valence-electron chi connectivity index (χ0n) is 13.5. The van der Waals surface area contributed by atoms with Crippen molar-refractivity contribution < 1.29 is 4.79 Å². The largest absolute Gasteiger partial charge is 0.372 e. The van der Waals surface area contributed by atoms with E-state index in [0.717, 1.165) is 54.4 Å². The molecule has 122 valence electrons. The van der Waals surface area contributed by atoms with Gasteiger partial charge in [0.2, 0.25) is 0 Å². The van der Waals surface area contributed by atoms with Crippen molar-refractivity contribution in [2.45, 2.75) is 26.2 Å². The predicted octanol–water partition coefficient (Wildman–Crippen LogP) is 2.38. The number of hydrogen-bond acceptors (Lipinski definition) is 6. The molecule has 3 heterocycles. The predicted molar refractivity (Wildman–Crippen MR) is 90.8 cm³/mol. The Balaban J connectivity index is 1.69. The third-order valence-electron chi connectivity index (χ3n) is 4.24. The molecule has 1 unspecified atom stereocenters. The standard InChI is InChI=1S/C16H21N5OS/c1-11-14(23-10-20-11)16(22)21-7-3-4-12(9-21)8-13-15(17-2)19-6-5-18-13/h5-6,10,12H,3-4,7-9H2,1-2H3,(H,17,19). The van der Waals surface area contributed by atoms with Gasteiger partial charge in [0.05, 0.1) is 16.9 Å². The number of thiazole rings is 1. The Kier molecular flexibility index (Phi) is 4.85. The van der Waals surface area contributed by atoms with E-state index in [2.05, 4.69) is 20.3 Å². The van der Waals surface area contributed by atoms with Gasteiger partial charge in [0, 0.05) is 32.5 Å². The smallest absolute Gasteiger partial charge is 0.265 e. The van der Waals surface area contributed by atoms with Gasteiger partial charge < -0.3 is 10.2 Å². The lowest BCUT2D eigenvalue weighted by atomic mass is 9.93. The molecule has 3 rings (SSSR count). The molecular formula is C16H21N5OS. The Morgan fingerprint density at radius 2 is 2.22 bits per heavy atom. The molecule has 0 spiro atoms. The highest BCUT2D eigenvalue weighted by Gasteiger charge is 2.27. The quantitative estimate of drug-likeness (QED) is 0.931. The summed E-state index contributed by atoms with van der Waals surface area (Å²) in [4.78, 5) is 28.3. The normalized spacial score (nSPS) is 18.0. The fourth-order valence-corrected chi connectivity index (χ4v) is 3.83. The van der Waals surface area contributed by atoms with Crippen LogP contribution in [0.4, 0.5) is 5.82 Å². The third kappa shape index (κ3) is 3.50. The second-order valence-electron chi connectivity index (χ2n) is 5.83. The second-order valence-corrected chi connectivity index (χ2v) is 6.69. The molecule has 2 aromatic heterocycles. The van der Waals surface area contributed by atoms with Crippen LogP contribution in [0.25, 0.3) is 0 Å². The first-order chi connectivity index (χ1) is 11.2. The molecule has 1 saturated heterocycles. The number of amides is 1. The van der Waals surface area contributed by atoms with Crippen molar-refractivity contribution in [2.75, 3.05) is 25.5 Å². The number of hydrogen-bond donors (Lipinski definition) is 1. The lowest BCUT2D eigenvalue weighted by Gasteiger charge is -2.32. The van der Waals surface area contributed by atoms with Crippen molar-refractivity contribution in [3.8, 4) is 0 Å². The molecular weight excluding hydrogens is 310 g/mol. The van der Waals surface area contributed by atoms with E-state index < -0.39 is 0 Å². The number of rotatable bonds is 4. The average molecular weight is 331 g/mol. The highest BCUT2D eigenvalue weighted by Crippen LogP contribution is 2.25. The van der Waals surface area contributed by atoms with Crippen LogP contribution >= 0.6 is 11.3 Å². The van der Waals surface area contributed by atoms with E-state index in [9.17, 15) is 4.79 Å². The van der Waals surface area contributed by atoms with Gasteiger partial charge in [-0.25, -0.2) is 9.97 Å². The maximum atomic E-state index is 12.7. The van der Waals surface area contributed by atoms with Crippen molar-refractivity contribution in [3.05, 3.63) is 34.2 Å². The molecule has 1 N–H and O–H groups in total. The maximum absolute atomic E-state index is 12.7. The van der Waals surface area contributed by atoms with Crippen molar-refractivity contribution in [1.29, 1.82) is 0 Å². The Morgan fingerprint density at radius 3 is 2.96 bits per heavy atom. The number of nitrogens with zero attached hydrogens (tertiary/aromatic N) is 4. The van der Waals surface area contributed by atoms with Gasteiger partial charge in [-0.2, -0.15) is 0 Å². The topological polar surface area (TPSA) is 71.0 Å². The second kappa shape index (κ2) is 7.04. The van der Waals surface area contributed by atoms with E-state index in [0.29, 0.717) is 5.92 Å². The molecule has 23 heavy (non-hydrogen) atoms. The summed E-state index contributed by atoms with van der Waals surface area (Å²) in [5, 5.41) is 3.09. The van der Waals surface area contributed by atoms with Crippen LogP contribution in [-0.2, 0) is 6.42 Å². The fourth-order valence-electron chi connectivity index (χ4n) is 3.07. The Bertz CT molecular complexity index is 687. The molecule has 0 saturated carbocycles. The summed E-state index contributed by atoms with van der Waals surface area (Å²) in [5.41, 5.74) is 3.54. The van der Waals surface area contributed by atoms with Gasteiger partial charge in [-0.15, -0.1) is 11.3 Å². The van der Waals surface area contributed by atoms with Gasteiger partial charge in [-0.3, -0.25) is 9.78 Å². The van der Waals surface area contributed by atoms with Crippen LogP contribution in [0.15, 0.2) is 17.9 Å². The number of nitrogens with one attached hydrogen (secondary N) is 1. The highest BCUT2D eigenvalue weighted by molar-refractivity contribution is 7.11. The average Bonchev–Trinajstić information content (AvgIpc) is 3.01. The minimum Gasteiger partial charge on any atom is -0.372 e. The molecule has 2 aromatic rings. The van der Waals surface area contributed by atoms with Crippen LogP contribution in [0, 0.1) is 12.8 Å². The number of piperidine rings is 1. The number of carbonyl (C=O) groups is 1. The number of aromatic nitrogens is 3. The Morgan fingerprint density at radius 1 is 1.39 bits per heavy atom. The lowest BCUT2D eigenvalue weighted by Crippen LogP contribution is -2.40. The summed E-state index contributed by atoms with van der Waals surface area (Å²) < 4.78 is 0. The zero-order chi connectivity index (χ0) is 16.2. The highest BCUT2D eigenvalue weighted by atomic mass is 32.1. The third-order valence-corrected chi connectivity index (χ3v) is 5.16. The molecule has 7 heteroatoms. The lowest BCUT2D eigenvalue weighted by molar-refractivity contribution is 0.0677. The van der Waals surface area contributed by atoms with Crippen LogP contribution in [0.5, 0.6) is 0 Å². The van der Waals surface area contributed by atoms with Crippen molar-refractivity contribution in [3.63, 3.8) is 0 Å². The van der Waals surface area contributed by atoms with E-state index in [1.165, 1.54) is 11.3 Å². The fraction of sp³-hybridized carbons (Fsp3) is 0.500. The molecule has 1 amide bonds. The van der Waals surface area contributed by atoms with Crippen molar-refractivity contribution >= 4 is 23.1 Å². The number of likely N-dealkylation sites (tertiary alicyclic amines) is 1. The molecule has 6 nitrogen and oxygen atoms in total. The molecule has 0 bridgehead atoms. The van der Waals surface area contributed by atoms with Gasteiger partial charge in [0.25, 0.3) is 5.91 Å². The molecule has 0 aromatic carbocycles. The van der Waals surface area contributed by atoms with Gasteiger partial charge in [-0.1, -0.05) is 0 Å². The number of anilines is 1. The summed E-state index contributed by atoms with van der Waals surface area (Å²) in [6.07, 6.45) is 6.41. The summed E-state index contributed by atoms with van der Waals surface area (Å²) in [5.74, 6) is 1.36. The maximum Gasteiger partial charge on any atom is 0.265 e. The minimum absolute atomic E-state index is 0.114. The van der Waals surface area contributed by atoms with Gasteiger partial charge in [0.1, 0.15) is 10.7 Å². The zero-order valence-corrected chi connectivity index (χ0v) is 14.3. The van der Waals surface area contributed by atoms with E-state index in [4.69, 9.17) is 0 Å². The Hall–Kier alpha value is -2.02. The molecule has 1 fully saturated rings. The van der Waals surface area contributed by atoms with Crippen LogP contribution in [0.2, 0.25) is 0 Å². The first kappa shape index (κ1) is 15.9. The van der Waals surface area contributed by atoms with E-state index >= 15 is 0 Å². The van der Waals surface area contributed by atoms with Crippen LogP contribution in [0.1, 0.15) is 33.9 Å². The molecule has 1 aliphatic rings. The summed E-state index contributed by atoms with van der Waals surface area (Å²) in [6.45, 7) is 3.49. The van der Waals surface area contributed by atoms with Crippen LogP contribution < -0.4 is 5.32 Å². The Labute approximate surface area is 140 Å². The van der Waals surface area contributed by atoms with Crippen LogP contribution in [0.3, 0.4) is 0 Å². The first-order valence-corrected chi connectivity index (χ1v) is 8.74. The molecule has 1 atom stereocenters. The first-order valence-electron chi connectivity index (χ1n) is 7.86. The van der Waals surface area contributed by atoms with Gasteiger partial charge in [0.15, 0.2) is 0 Å².